The van der Waals surface area contributed by atoms with Gasteiger partial charge in [-0.25, -0.2) is 0 Å². The zero-order chi connectivity index (χ0) is 13.3. The van der Waals surface area contributed by atoms with E-state index in [2.05, 4.69) is 18.9 Å². The molecule has 1 fully saturated rings. The van der Waals surface area contributed by atoms with E-state index >= 15 is 0 Å². The van der Waals surface area contributed by atoms with Gasteiger partial charge in [0.2, 0.25) is 0 Å². The topological polar surface area (TPSA) is 43.8 Å². The highest BCUT2D eigenvalue weighted by Gasteiger charge is 2.36. The summed E-state index contributed by atoms with van der Waals surface area (Å²) in [4.78, 5) is 0. The second kappa shape index (κ2) is 5.22. The van der Waals surface area contributed by atoms with E-state index in [9.17, 15) is 0 Å². The normalized spacial score (nSPS) is 27.9. The number of rotatable bonds is 4. The summed E-state index contributed by atoms with van der Waals surface area (Å²) in [5, 5.41) is 5.28. The van der Waals surface area contributed by atoms with Gasteiger partial charge in [-0.3, -0.25) is 4.68 Å². The van der Waals surface area contributed by atoms with Crippen LogP contribution in [0.5, 0.6) is 0 Å². The Morgan fingerprint density at radius 1 is 1.50 bits per heavy atom. The van der Waals surface area contributed by atoms with E-state index in [0.29, 0.717) is 0 Å². The minimum Gasteiger partial charge on any atom is -0.325 e. The Kier molecular flexibility index (Phi) is 4.02. The molecule has 0 aliphatic heterocycles. The Balaban J connectivity index is 2.19. The Morgan fingerprint density at radius 3 is 2.78 bits per heavy atom. The molecule has 1 aliphatic carbocycles. The standard InChI is InChI=1S/C14H24ClN3/c1-4-11-6-7-14(16,8-11)9-12-13(15)10(3)17-18(12)5-2/h11H,4-9,16H2,1-3H3. The first-order valence-electron chi connectivity index (χ1n) is 6.99. The summed E-state index contributed by atoms with van der Waals surface area (Å²) in [5.74, 6) is 0.785. The number of nitrogens with two attached hydrogens (primary N) is 1. The average molecular weight is 270 g/mol. The lowest BCUT2D eigenvalue weighted by atomic mass is 9.91. The Labute approximate surface area is 115 Å². The molecule has 0 spiro atoms. The number of nitrogens with zero attached hydrogens (tertiary/aromatic N) is 2. The molecular formula is C14H24ClN3. The molecule has 1 aliphatic rings. The molecule has 1 saturated carbocycles. The van der Waals surface area contributed by atoms with Crippen LogP contribution in [0, 0.1) is 12.8 Å². The summed E-state index contributed by atoms with van der Waals surface area (Å²) in [7, 11) is 0. The van der Waals surface area contributed by atoms with Crippen molar-refractivity contribution < 1.29 is 0 Å². The van der Waals surface area contributed by atoms with Crippen molar-refractivity contribution in [2.45, 2.75) is 65.0 Å². The largest absolute Gasteiger partial charge is 0.325 e. The zero-order valence-electron chi connectivity index (χ0n) is 11.7. The zero-order valence-corrected chi connectivity index (χ0v) is 12.4. The van der Waals surface area contributed by atoms with Crippen LogP contribution in [0.25, 0.3) is 0 Å². The van der Waals surface area contributed by atoms with Gasteiger partial charge >= 0.3 is 0 Å². The highest BCUT2D eigenvalue weighted by molar-refractivity contribution is 6.31. The van der Waals surface area contributed by atoms with Gasteiger partial charge in [0.1, 0.15) is 0 Å². The fourth-order valence-corrected chi connectivity index (χ4v) is 3.35. The van der Waals surface area contributed by atoms with E-state index in [1.807, 2.05) is 11.6 Å². The number of aromatic nitrogens is 2. The molecule has 1 aromatic heterocycles. The molecule has 2 atom stereocenters. The molecule has 3 nitrogen and oxygen atoms in total. The second-order valence-electron chi connectivity index (χ2n) is 5.72. The Morgan fingerprint density at radius 2 is 2.22 bits per heavy atom. The van der Waals surface area contributed by atoms with Gasteiger partial charge in [0, 0.05) is 18.5 Å². The van der Waals surface area contributed by atoms with Crippen molar-refractivity contribution in [2.24, 2.45) is 11.7 Å². The first-order chi connectivity index (χ1) is 8.49. The van der Waals surface area contributed by atoms with Crippen LogP contribution < -0.4 is 5.73 Å². The summed E-state index contributed by atoms with van der Waals surface area (Å²) in [5.41, 5.74) is 8.52. The fourth-order valence-electron chi connectivity index (χ4n) is 3.15. The SMILES string of the molecule is CCC1CCC(N)(Cc2c(Cl)c(C)nn2CC)C1. The minimum absolute atomic E-state index is 0.0797. The van der Waals surface area contributed by atoms with Crippen molar-refractivity contribution in [3.05, 3.63) is 16.4 Å². The molecule has 0 amide bonds. The van der Waals surface area contributed by atoms with E-state index in [1.54, 1.807) is 0 Å². The van der Waals surface area contributed by atoms with Crippen molar-refractivity contribution in [1.82, 2.24) is 9.78 Å². The van der Waals surface area contributed by atoms with Crippen LogP contribution in [-0.4, -0.2) is 15.3 Å². The molecule has 4 heteroatoms. The van der Waals surface area contributed by atoms with E-state index in [0.717, 1.165) is 48.1 Å². The van der Waals surface area contributed by atoms with Crippen molar-refractivity contribution in [3.8, 4) is 0 Å². The maximum Gasteiger partial charge on any atom is 0.0847 e. The average Bonchev–Trinajstić information content (AvgIpc) is 2.85. The van der Waals surface area contributed by atoms with Crippen molar-refractivity contribution in [2.75, 3.05) is 0 Å². The summed E-state index contributed by atoms with van der Waals surface area (Å²) in [6.45, 7) is 7.17. The predicted octanol–water partition coefficient (Wildman–Crippen LogP) is 3.31. The molecule has 2 unspecified atom stereocenters. The molecule has 2 rings (SSSR count). The van der Waals surface area contributed by atoms with Crippen LogP contribution in [0.15, 0.2) is 0 Å². The number of aryl methyl sites for hydroxylation is 2. The molecule has 0 radical (unpaired) electrons. The fraction of sp³-hybridized carbons (Fsp3) is 0.786. The van der Waals surface area contributed by atoms with Gasteiger partial charge in [-0.1, -0.05) is 24.9 Å². The van der Waals surface area contributed by atoms with Crippen molar-refractivity contribution >= 4 is 11.6 Å². The van der Waals surface area contributed by atoms with E-state index in [1.165, 1.54) is 12.8 Å². The molecule has 0 bridgehead atoms. The number of hydrogen-bond acceptors (Lipinski definition) is 2. The second-order valence-corrected chi connectivity index (χ2v) is 6.10. The van der Waals surface area contributed by atoms with Gasteiger partial charge in [0.05, 0.1) is 16.4 Å². The molecular weight excluding hydrogens is 246 g/mol. The third-order valence-electron chi connectivity index (χ3n) is 4.30. The molecule has 0 aromatic carbocycles. The van der Waals surface area contributed by atoms with Gasteiger partial charge in [-0.05, 0) is 39.0 Å². The van der Waals surface area contributed by atoms with Crippen LogP contribution in [-0.2, 0) is 13.0 Å². The maximum absolute atomic E-state index is 6.56. The molecule has 1 heterocycles. The number of halogens is 1. The molecule has 18 heavy (non-hydrogen) atoms. The van der Waals surface area contributed by atoms with E-state index in [-0.39, 0.29) is 5.54 Å². The van der Waals surface area contributed by atoms with Crippen LogP contribution in [0.3, 0.4) is 0 Å². The lowest BCUT2D eigenvalue weighted by molar-refractivity contribution is 0.394. The maximum atomic E-state index is 6.56. The summed E-state index contributed by atoms with van der Waals surface area (Å²) in [6, 6.07) is 0. The van der Waals surface area contributed by atoms with Crippen LogP contribution in [0.2, 0.25) is 5.02 Å². The minimum atomic E-state index is -0.0797. The van der Waals surface area contributed by atoms with Crippen LogP contribution >= 0.6 is 11.6 Å². The molecule has 102 valence electrons. The monoisotopic (exact) mass is 269 g/mol. The summed E-state index contributed by atoms with van der Waals surface area (Å²) >= 11 is 6.36. The van der Waals surface area contributed by atoms with Gasteiger partial charge in [0.25, 0.3) is 0 Å². The molecule has 2 N–H and O–H groups in total. The van der Waals surface area contributed by atoms with Gasteiger partial charge in [-0.2, -0.15) is 5.10 Å². The van der Waals surface area contributed by atoms with Crippen molar-refractivity contribution in [1.29, 1.82) is 0 Å². The summed E-state index contributed by atoms with van der Waals surface area (Å²) in [6.07, 6.45) is 5.57. The molecule has 0 saturated heterocycles. The first-order valence-corrected chi connectivity index (χ1v) is 7.37. The Bertz CT molecular complexity index is 427. The molecule has 1 aromatic rings. The third-order valence-corrected chi connectivity index (χ3v) is 4.79. The third kappa shape index (κ3) is 2.57. The smallest absolute Gasteiger partial charge is 0.0847 e. The Hall–Kier alpha value is -0.540. The van der Waals surface area contributed by atoms with Gasteiger partial charge < -0.3 is 5.73 Å². The van der Waals surface area contributed by atoms with Gasteiger partial charge in [0.15, 0.2) is 0 Å². The lowest BCUT2D eigenvalue weighted by Crippen LogP contribution is -2.40. The highest BCUT2D eigenvalue weighted by Crippen LogP contribution is 2.38. The summed E-state index contributed by atoms with van der Waals surface area (Å²) < 4.78 is 2.01. The van der Waals surface area contributed by atoms with Gasteiger partial charge in [-0.15, -0.1) is 0 Å². The van der Waals surface area contributed by atoms with Crippen LogP contribution in [0.4, 0.5) is 0 Å². The predicted molar refractivity (Wildman–Crippen MR) is 75.9 cm³/mol. The van der Waals surface area contributed by atoms with Crippen LogP contribution in [0.1, 0.15) is 50.9 Å². The number of hydrogen-bond donors (Lipinski definition) is 1. The lowest BCUT2D eigenvalue weighted by Gasteiger charge is -2.24. The first kappa shape index (κ1) is 13.9. The van der Waals surface area contributed by atoms with E-state index in [4.69, 9.17) is 17.3 Å². The van der Waals surface area contributed by atoms with Crippen molar-refractivity contribution in [3.63, 3.8) is 0 Å². The quantitative estimate of drug-likeness (QED) is 0.911. The van der Waals surface area contributed by atoms with E-state index < -0.39 is 0 Å². The highest BCUT2D eigenvalue weighted by atomic mass is 35.5.